The summed E-state index contributed by atoms with van der Waals surface area (Å²) in [7, 11) is 1.67. The van der Waals surface area contributed by atoms with Crippen LogP contribution in [-0.2, 0) is 4.74 Å². The molecule has 0 amide bonds. The maximum absolute atomic E-state index is 5.79. The third-order valence-corrected chi connectivity index (χ3v) is 3.48. The number of ether oxygens (including phenoxy) is 3. The highest BCUT2D eigenvalue weighted by molar-refractivity contribution is 5.39. The van der Waals surface area contributed by atoms with Crippen LogP contribution in [0.1, 0.15) is 19.8 Å². The number of nitrogens with zero attached hydrogens (tertiary/aromatic N) is 1. The molecule has 0 radical (unpaired) electrons. The van der Waals surface area contributed by atoms with Gasteiger partial charge in [0, 0.05) is 26.2 Å². The molecule has 0 N–H and O–H groups in total. The van der Waals surface area contributed by atoms with Crippen LogP contribution in [0.3, 0.4) is 0 Å². The lowest BCUT2D eigenvalue weighted by atomic mass is 10.3. The Hall–Kier alpha value is -1.26. The highest BCUT2D eigenvalue weighted by Gasteiger charge is 2.14. The number of para-hydroxylation sites is 2. The molecule has 1 aromatic rings. The zero-order valence-corrected chi connectivity index (χ0v) is 12.5. The predicted molar refractivity (Wildman–Crippen MR) is 79.6 cm³/mol. The van der Waals surface area contributed by atoms with Gasteiger partial charge in [0.05, 0.1) is 19.8 Å². The Morgan fingerprint density at radius 1 is 1.30 bits per heavy atom. The minimum Gasteiger partial charge on any atom is -0.493 e. The lowest BCUT2D eigenvalue weighted by Gasteiger charge is -2.21. The molecule has 4 nitrogen and oxygen atoms in total. The quantitative estimate of drug-likeness (QED) is 0.749. The Morgan fingerprint density at radius 3 is 2.90 bits per heavy atom. The lowest BCUT2D eigenvalue weighted by Crippen LogP contribution is -2.31. The molecule has 112 valence electrons. The normalized spacial score (nSPS) is 20.4. The summed E-state index contributed by atoms with van der Waals surface area (Å²) in [5.74, 6) is 1.62. The summed E-state index contributed by atoms with van der Waals surface area (Å²) in [6.07, 6.45) is 2.48. The Balaban J connectivity index is 1.70. The maximum Gasteiger partial charge on any atom is 0.161 e. The van der Waals surface area contributed by atoms with Crippen LogP contribution < -0.4 is 9.47 Å². The van der Waals surface area contributed by atoms with Gasteiger partial charge in [-0.3, -0.25) is 0 Å². The molecular formula is C16H25NO3. The van der Waals surface area contributed by atoms with Gasteiger partial charge in [-0.15, -0.1) is 0 Å². The Labute approximate surface area is 121 Å². The average Bonchev–Trinajstić information content (AvgIpc) is 2.68. The van der Waals surface area contributed by atoms with Gasteiger partial charge in [0.2, 0.25) is 0 Å². The lowest BCUT2D eigenvalue weighted by molar-refractivity contribution is 0.0670. The fourth-order valence-corrected chi connectivity index (χ4v) is 2.49. The van der Waals surface area contributed by atoms with Crippen molar-refractivity contribution < 1.29 is 14.2 Å². The highest BCUT2D eigenvalue weighted by atomic mass is 16.5. The van der Waals surface area contributed by atoms with Crippen LogP contribution in [0.4, 0.5) is 0 Å². The molecule has 4 heteroatoms. The van der Waals surface area contributed by atoms with Crippen LogP contribution in [0.25, 0.3) is 0 Å². The Bertz CT molecular complexity index is 397. The second-order valence-corrected chi connectivity index (χ2v) is 5.19. The van der Waals surface area contributed by atoms with E-state index in [4.69, 9.17) is 14.2 Å². The van der Waals surface area contributed by atoms with Gasteiger partial charge >= 0.3 is 0 Å². The number of benzene rings is 1. The topological polar surface area (TPSA) is 30.9 Å². The van der Waals surface area contributed by atoms with Crippen molar-refractivity contribution in [2.45, 2.75) is 25.9 Å². The van der Waals surface area contributed by atoms with Crippen molar-refractivity contribution in [3.05, 3.63) is 24.3 Å². The third-order valence-electron chi connectivity index (χ3n) is 3.48. The summed E-state index contributed by atoms with van der Waals surface area (Å²) in [6, 6.07) is 7.78. The van der Waals surface area contributed by atoms with Crippen molar-refractivity contribution in [3.8, 4) is 11.5 Å². The van der Waals surface area contributed by atoms with Crippen LogP contribution >= 0.6 is 0 Å². The summed E-state index contributed by atoms with van der Waals surface area (Å²) >= 11 is 0. The van der Waals surface area contributed by atoms with Gasteiger partial charge in [-0.05, 0) is 31.9 Å². The van der Waals surface area contributed by atoms with E-state index in [-0.39, 0.29) is 0 Å². The maximum atomic E-state index is 5.79. The number of hydrogen-bond acceptors (Lipinski definition) is 4. The van der Waals surface area contributed by atoms with Crippen LogP contribution in [0.15, 0.2) is 24.3 Å². The van der Waals surface area contributed by atoms with Gasteiger partial charge in [0.1, 0.15) is 0 Å². The SMILES string of the molecule is COc1ccccc1OCCCN1CCCOC(C)C1. The first-order chi connectivity index (χ1) is 9.79. The fraction of sp³-hybridized carbons (Fsp3) is 0.625. The monoisotopic (exact) mass is 279 g/mol. The van der Waals surface area contributed by atoms with Gasteiger partial charge < -0.3 is 19.1 Å². The summed E-state index contributed by atoms with van der Waals surface area (Å²) in [6.45, 7) is 6.95. The van der Waals surface area contributed by atoms with E-state index >= 15 is 0 Å². The van der Waals surface area contributed by atoms with Gasteiger partial charge in [0.15, 0.2) is 11.5 Å². The molecule has 2 rings (SSSR count). The molecule has 0 aromatic heterocycles. The van der Waals surface area contributed by atoms with E-state index in [0.29, 0.717) is 12.7 Å². The predicted octanol–water partition coefficient (Wildman–Crippen LogP) is 2.57. The molecule has 1 saturated heterocycles. The van der Waals surface area contributed by atoms with Gasteiger partial charge in [-0.25, -0.2) is 0 Å². The number of hydrogen-bond donors (Lipinski definition) is 0. The largest absolute Gasteiger partial charge is 0.493 e. The molecule has 1 aliphatic rings. The van der Waals surface area contributed by atoms with E-state index in [2.05, 4.69) is 11.8 Å². The second-order valence-electron chi connectivity index (χ2n) is 5.19. The minimum absolute atomic E-state index is 0.340. The summed E-state index contributed by atoms with van der Waals surface area (Å²) < 4.78 is 16.7. The van der Waals surface area contributed by atoms with Crippen LogP contribution in [-0.4, -0.2) is 51.0 Å². The molecule has 1 aromatic carbocycles. The van der Waals surface area contributed by atoms with E-state index in [1.807, 2.05) is 24.3 Å². The van der Waals surface area contributed by atoms with E-state index in [9.17, 15) is 0 Å². The minimum atomic E-state index is 0.340. The second kappa shape index (κ2) is 8.12. The molecule has 0 aliphatic carbocycles. The average molecular weight is 279 g/mol. The first-order valence-corrected chi connectivity index (χ1v) is 7.39. The first kappa shape index (κ1) is 15.1. The van der Waals surface area contributed by atoms with Crippen molar-refractivity contribution in [2.75, 3.05) is 40.0 Å². The van der Waals surface area contributed by atoms with E-state index < -0.39 is 0 Å². The molecule has 1 fully saturated rings. The number of rotatable bonds is 6. The van der Waals surface area contributed by atoms with Crippen molar-refractivity contribution in [2.24, 2.45) is 0 Å². The highest BCUT2D eigenvalue weighted by Crippen LogP contribution is 2.25. The summed E-state index contributed by atoms with van der Waals surface area (Å²) in [4.78, 5) is 2.46. The number of methoxy groups -OCH3 is 1. The molecule has 0 saturated carbocycles. The van der Waals surface area contributed by atoms with Crippen LogP contribution in [0.5, 0.6) is 11.5 Å². The molecule has 1 heterocycles. The van der Waals surface area contributed by atoms with E-state index in [0.717, 1.165) is 50.6 Å². The fourth-order valence-electron chi connectivity index (χ4n) is 2.49. The van der Waals surface area contributed by atoms with Crippen molar-refractivity contribution in [1.82, 2.24) is 4.90 Å². The third kappa shape index (κ3) is 4.69. The molecule has 20 heavy (non-hydrogen) atoms. The van der Waals surface area contributed by atoms with Crippen molar-refractivity contribution in [3.63, 3.8) is 0 Å². The van der Waals surface area contributed by atoms with Gasteiger partial charge in [-0.2, -0.15) is 0 Å². The van der Waals surface area contributed by atoms with Crippen molar-refractivity contribution in [1.29, 1.82) is 0 Å². The van der Waals surface area contributed by atoms with Crippen molar-refractivity contribution >= 4 is 0 Å². The molecule has 1 unspecified atom stereocenters. The summed E-state index contributed by atoms with van der Waals surface area (Å²) in [5, 5.41) is 0. The molecule has 1 aliphatic heterocycles. The standard InChI is InChI=1S/C16H25NO3/c1-14-13-17(9-5-11-19-14)10-6-12-20-16-8-4-3-7-15(16)18-2/h3-4,7-8,14H,5-6,9-13H2,1-2H3. The first-order valence-electron chi connectivity index (χ1n) is 7.39. The van der Waals surface area contributed by atoms with Crippen LogP contribution in [0.2, 0.25) is 0 Å². The molecular weight excluding hydrogens is 254 g/mol. The molecule has 1 atom stereocenters. The van der Waals surface area contributed by atoms with Gasteiger partial charge in [0.25, 0.3) is 0 Å². The Kier molecular flexibility index (Phi) is 6.15. The van der Waals surface area contributed by atoms with Gasteiger partial charge in [-0.1, -0.05) is 12.1 Å². The van der Waals surface area contributed by atoms with Crippen LogP contribution in [0, 0.1) is 0 Å². The Morgan fingerprint density at radius 2 is 2.10 bits per heavy atom. The zero-order valence-electron chi connectivity index (χ0n) is 12.5. The van der Waals surface area contributed by atoms with E-state index in [1.54, 1.807) is 7.11 Å². The smallest absolute Gasteiger partial charge is 0.161 e. The molecule has 0 bridgehead atoms. The van der Waals surface area contributed by atoms with E-state index in [1.165, 1.54) is 0 Å². The zero-order chi connectivity index (χ0) is 14.2. The summed E-state index contributed by atoms with van der Waals surface area (Å²) in [5.41, 5.74) is 0. The molecule has 0 spiro atoms.